The summed E-state index contributed by atoms with van der Waals surface area (Å²) in [7, 11) is 0. The first kappa shape index (κ1) is 21.9. The zero-order valence-electron chi connectivity index (χ0n) is 11.0. The highest BCUT2D eigenvalue weighted by Gasteiger charge is 2.25. The summed E-state index contributed by atoms with van der Waals surface area (Å²) < 4.78 is 4.68. The molecule has 0 aliphatic rings. The van der Waals surface area contributed by atoms with E-state index in [4.69, 9.17) is 15.3 Å². The lowest BCUT2D eigenvalue weighted by molar-refractivity contribution is -0.759. The Labute approximate surface area is 122 Å². The first-order valence-corrected chi connectivity index (χ1v) is 5.45. The summed E-state index contributed by atoms with van der Waals surface area (Å²) in [6.07, 6.45) is -3.78. The molecule has 0 amide bonds. The van der Waals surface area contributed by atoms with Crippen molar-refractivity contribution in [3.8, 4) is 0 Å². The molecule has 15 heteroatoms. The molecular formula is C7H15N3O12. The Bertz CT molecular complexity index is 321. The zero-order valence-corrected chi connectivity index (χ0v) is 11.0. The molecule has 2 atom stereocenters. The Morgan fingerprint density at radius 3 is 1.50 bits per heavy atom. The predicted molar refractivity (Wildman–Crippen MR) is 62.8 cm³/mol. The van der Waals surface area contributed by atoms with E-state index in [1.807, 2.05) is 0 Å². The van der Waals surface area contributed by atoms with Crippen molar-refractivity contribution in [2.75, 3.05) is 33.0 Å². The second kappa shape index (κ2) is 13.6. The second-order valence-corrected chi connectivity index (χ2v) is 3.17. The normalized spacial score (nSPS) is 12.3. The van der Waals surface area contributed by atoms with Crippen LogP contribution in [0.3, 0.4) is 0 Å². The van der Waals surface area contributed by atoms with Gasteiger partial charge in [-0.25, -0.2) is 0 Å². The fourth-order valence-corrected chi connectivity index (χ4v) is 0.678. The number of nitro groups is 1. The van der Waals surface area contributed by atoms with Gasteiger partial charge in [0.05, 0.1) is 24.7 Å². The minimum atomic E-state index is -2.09. The average Bonchev–Trinajstić information content (AvgIpc) is 2.44. The molecule has 0 saturated carbocycles. The lowest BCUT2D eigenvalue weighted by atomic mass is 10.3. The number of ether oxygens (including phenoxy) is 1. The third kappa shape index (κ3) is 15.7. The van der Waals surface area contributed by atoms with Crippen LogP contribution in [0.2, 0.25) is 0 Å². The highest BCUT2D eigenvalue weighted by molar-refractivity contribution is 4.52. The van der Waals surface area contributed by atoms with Crippen LogP contribution >= 0.6 is 0 Å². The molecule has 130 valence electrons. The van der Waals surface area contributed by atoms with Gasteiger partial charge in [0.2, 0.25) is 0 Å². The van der Waals surface area contributed by atoms with Gasteiger partial charge in [0, 0.05) is 0 Å². The van der Waals surface area contributed by atoms with E-state index < -0.39 is 34.0 Å². The lowest BCUT2D eigenvalue weighted by Crippen LogP contribution is -2.35. The van der Waals surface area contributed by atoms with Crippen LogP contribution < -0.4 is 0 Å². The molecule has 2 unspecified atom stereocenters. The fraction of sp³-hybridized carbons (Fsp3) is 1.00. The Balaban J connectivity index is 0. The van der Waals surface area contributed by atoms with Crippen molar-refractivity contribution in [1.82, 2.24) is 0 Å². The molecule has 0 heterocycles. The van der Waals surface area contributed by atoms with Crippen molar-refractivity contribution in [3.05, 3.63) is 30.3 Å². The number of nitrogens with zero attached hydrogens (tertiary/aromatic N) is 3. The van der Waals surface area contributed by atoms with Crippen LogP contribution in [0, 0.1) is 30.3 Å². The summed E-state index contributed by atoms with van der Waals surface area (Å²) in [4.78, 5) is 35.5. The zero-order chi connectivity index (χ0) is 17.5. The first-order chi connectivity index (χ1) is 10.2. The monoisotopic (exact) mass is 333 g/mol. The van der Waals surface area contributed by atoms with Crippen LogP contribution in [0.25, 0.3) is 0 Å². The molecule has 0 saturated heterocycles. The maximum absolute atomic E-state index is 9.59. The molecule has 3 N–H and O–H groups in total. The van der Waals surface area contributed by atoms with Crippen molar-refractivity contribution in [2.45, 2.75) is 12.3 Å². The molecule has 0 aliphatic carbocycles. The number of rotatable bonds is 11. The van der Waals surface area contributed by atoms with Gasteiger partial charge in [-0.1, -0.05) is 0 Å². The summed E-state index contributed by atoms with van der Waals surface area (Å²) in [6.45, 7) is -1.25. The molecule has 22 heavy (non-hydrogen) atoms. The lowest BCUT2D eigenvalue weighted by Gasteiger charge is -2.05. The fourth-order valence-electron chi connectivity index (χ4n) is 0.678. The predicted octanol–water partition coefficient (Wildman–Crippen LogP) is -2.65. The number of hydrogen-bond acceptors (Lipinski definition) is 12. The molecule has 0 aromatic carbocycles. The molecule has 0 spiro atoms. The van der Waals surface area contributed by atoms with Crippen LogP contribution in [-0.4, -0.2) is 75.8 Å². The molecular weight excluding hydrogens is 318 g/mol. The molecule has 0 aromatic heterocycles. The quantitative estimate of drug-likeness (QED) is 0.153. The van der Waals surface area contributed by atoms with Gasteiger partial charge in [-0.2, -0.15) is 0 Å². The second-order valence-electron chi connectivity index (χ2n) is 3.17. The molecule has 15 nitrogen and oxygen atoms in total. The van der Waals surface area contributed by atoms with Crippen molar-refractivity contribution < 1.29 is 44.8 Å². The maximum atomic E-state index is 9.59. The molecule has 0 radical (unpaired) electrons. The number of aliphatic hydroxyl groups is 3. The first-order valence-electron chi connectivity index (χ1n) is 5.45. The van der Waals surface area contributed by atoms with E-state index in [0.717, 1.165) is 0 Å². The smallest absolute Gasteiger partial charge is 0.341 e. The van der Waals surface area contributed by atoms with E-state index in [2.05, 4.69) is 14.4 Å². The Morgan fingerprint density at radius 1 is 0.864 bits per heavy atom. The van der Waals surface area contributed by atoms with E-state index in [0.29, 0.717) is 0 Å². The van der Waals surface area contributed by atoms with E-state index >= 15 is 0 Å². The van der Waals surface area contributed by atoms with E-state index in [9.17, 15) is 30.3 Å². The van der Waals surface area contributed by atoms with Crippen LogP contribution in [0.15, 0.2) is 0 Å². The molecule has 0 aromatic rings. The summed E-state index contributed by atoms with van der Waals surface area (Å²) >= 11 is 0. The molecule has 0 bridgehead atoms. The highest BCUT2D eigenvalue weighted by atomic mass is 17.0. The SMILES string of the molecule is O=[N+]([O-])C(O)C(O)CO.O=[N+]([O-])OCCOCCO[N+](=O)[O-]. The van der Waals surface area contributed by atoms with Gasteiger partial charge in [0.25, 0.3) is 10.2 Å². The molecule has 0 aliphatic heterocycles. The standard InChI is InChI=1S/C4H8N2O7.C3H7NO5/c7-5(8)12-3-1-11-2-4-13-6(9)10;5-1-2(6)3(7)4(8)9/h1-4H2;2-3,5-7H,1H2. The minimum absolute atomic E-state index is 0.0119. The van der Waals surface area contributed by atoms with Crippen LogP contribution in [0.5, 0.6) is 0 Å². The summed E-state index contributed by atoms with van der Waals surface area (Å²) in [5, 5.41) is 51.6. The molecule has 0 fully saturated rings. The van der Waals surface area contributed by atoms with Gasteiger partial charge in [-0.3, -0.25) is 10.1 Å². The summed E-state index contributed by atoms with van der Waals surface area (Å²) in [5.74, 6) is 0. The minimum Gasteiger partial charge on any atom is -0.393 e. The van der Waals surface area contributed by atoms with Gasteiger partial charge >= 0.3 is 6.23 Å². The maximum Gasteiger partial charge on any atom is 0.341 e. The third-order valence-corrected chi connectivity index (χ3v) is 1.60. The van der Waals surface area contributed by atoms with Crippen molar-refractivity contribution in [1.29, 1.82) is 0 Å². The van der Waals surface area contributed by atoms with Gasteiger partial charge in [-0.05, 0) is 0 Å². The topological polar surface area (TPSA) is 218 Å². The van der Waals surface area contributed by atoms with E-state index in [1.165, 1.54) is 0 Å². The largest absolute Gasteiger partial charge is 0.393 e. The van der Waals surface area contributed by atoms with E-state index in [-0.39, 0.29) is 26.4 Å². The number of aliphatic hydroxyl groups excluding tert-OH is 3. The third-order valence-electron chi connectivity index (χ3n) is 1.60. The van der Waals surface area contributed by atoms with Crippen molar-refractivity contribution in [2.24, 2.45) is 0 Å². The van der Waals surface area contributed by atoms with Gasteiger partial charge < -0.3 is 29.7 Å². The van der Waals surface area contributed by atoms with Gasteiger partial charge in [-0.15, -0.1) is 20.2 Å². The van der Waals surface area contributed by atoms with E-state index in [1.54, 1.807) is 0 Å². The molecule has 0 rings (SSSR count). The van der Waals surface area contributed by atoms with Crippen LogP contribution in [0.4, 0.5) is 0 Å². The Hall–Kier alpha value is -2.36. The van der Waals surface area contributed by atoms with Gasteiger partial charge in [0.15, 0.2) is 6.10 Å². The van der Waals surface area contributed by atoms with Gasteiger partial charge in [0.1, 0.15) is 13.2 Å². The summed E-state index contributed by atoms with van der Waals surface area (Å²) in [6, 6.07) is 0. The Morgan fingerprint density at radius 2 is 1.27 bits per heavy atom. The van der Waals surface area contributed by atoms with Crippen molar-refractivity contribution in [3.63, 3.8) is 0 Å². The Kier molecular flexibility index (Phi) is 13.6. The average molecular weight is 333 g/mol. The summed E-state index contributed by atoms with van der Waals surface area (Å²) in [5.41, 5.74) is 0. The van der Waals surface area contributed by atoms with Crippen molar-refractivity contribution >= 4 is 0 Å². The van der Waals surface area contributed by atoms with Crippen LogP contribution in [-0.2, 0) is 14.4 Å². The number of hydrogen-bond donors (Lipinski definition) is 3. The van der Waals surface area contributed by atoms with Crippen LogP contribution in [0.1, 0.15) is 0 Å². The highest BCUT2D eigenvalue weighted by Crippen LogP contribution is 1.91.